The van der Waals surface area contributed by atoms with Gasteiger partial charge in [-0.25, -0.2) is 4.79 Å². The Morgan fingerprint density at radius 2 is 1.56 bits per heavy atom. The second-order valence-electron chi connectivity index (χ2n) is 4.01. The highest BCUT2D eigenvalue weighted by Crippen LogP contribution is 2.22. The maximum atomic E-state index is 12.1. The van der Waals surface area contributed by atoms with Crippen molar-refractivity contribution in [1.82, 2.24) is 0 Å². The van der Waals surface area contributed by atoms with E-state index in [1.807, 2.05) is 0 Å². The first-order chi connectivity index (χ1) is 8.09. The Bertz CT molecular complexity index is 301. The van der Waals surface area contributed by atoms with E-state index in [0.29, 0.717) is 13.3 Å². The van der Waals surface area contributed by atoms with Crippen molar-refractivity contribution in [2.75, 3.05) is 0 Å². The molecule has 0 radical (unpaired) electrons. The fourth-order valence-corrected chi connectivity index (χ4v) is 0.842. The Hall–Kier alpha value is -1.27. The number of alkyl halides is 3. The van der Waals surface area contributed by atoms with Crippen LogP contribution in [0.4, 0.5) is 13.2 Å². The first-order valence-electron chi connectivity index (χ1n) is 5.57. The second-order valence-corrected chi connectivity index (χ2v) is 4.01. The summed E-state index contributed by atoms with van der Waals surface area (Å²) in [5.41, 5.74) is 0. The molecule has 0 aromatic carbocycles. The van der Waals surface area contributed by atoms with Gasteiger partial charge in [-0.2, -0.15) is 13.2 Å². The molecule has 0 saturated carbocycles. The zero-order valence-electron chi connectivity index (χ0n) is 10.7. The summed E-state index contributed by atoms with van der Waals surface area (Å²) >= 11 is 0. The molecule has 0 N–H and O–H groups in total. The van der Waals surface area contributed by atoms with Crippen molar-refractivity contribution >= 4 is 11.9 Å². The third-order valence-corrected chi connectivity index (χ3v) is 2.39. The van der Waals surface area contributed by atoms with Crippen LogP contribution in [0.1, 0.15) is 34.1 Å². The number of hydrogen-bond donors (Lipinski definition) is 0. The van der Waals surface area contributed by atoms with E-state index < -0.39 is 36.2 Å². The topological polar surface area (TPSA) is 52.6 Å². The summed E-state index contributed by atoms with van der Waals surface area (Å²) in [7, 11) is 0. The molecule has 106 valence electrons. The molecule has 0 heterocycles. The summed E-state index contributed by atoms with van der Waals surface area (Å²) in [5.74, 6) is -2.27. The molecule has 0 aromatic rings. The van der Waals surface area contributed by atoms with Gasteiger partial charge in [0.2, 0.25) is 0 Å². The Labute approximate surface area is 103 Å². The lowest BCUT2D eigenvalue weighted by molar-refractivity contribution is -0.221. The van der Waals surface area contributed by atoms with Gasteiger partial charge in [0.05, 0.1) is 5.92 Å². The molecule has 0 aliphatic rings. The molecule has 3 atom stereocenters. The van der Waals surface area contributed by atoms with Gasteiger partial charge >= 0.3 is 18.1 Å². The standard InChI is InChI=1S/C11H17F3O4/c1-5-6(2)9(15)17-7(3)10(16)18-8(4)11(12,13)14/h6-8H,5H2,1-4H3. The summed E-state index contributed by atoms with van der Waals surface area (Å²) in [6.45, 7) is 5.23. The van der Waals surface area contributed by atoms with Crippen molar-refractivity contribution in [3.63, 3.8) is 0 Å². The van der Waals surface area contributed by atoms with Gasteiger partial charge in [0.25, 0.3) is 0 Å². The maximum absolute atomic E-state index is 12.1. The monoisotopic (exact) mass is 270 g/mol. The molecule has 18 heavy (non-hydrogen) atoms. The summed E-state index contributed by atoms with van der Waals surface area (Å²) in [5, 5.41) is 0. The highest BCUT2D eigenvalue weighted by Gasteiger charge is 2.40. The molecule has 0 fully saturated rings. The lowest BCUT2D eigenvalue weighted by Gasteiger charge is -2.19. The Balaban J connectivity index is 4.32. The molecule has 0 aliphatic heterocycles. The lowest BCUT2D eigenvalue weighted by Crippen LogP contribution is -2.36. The van der Waals surface area contributed by atoms with E-state index in [2.05, 4.69) is 4.74 Å². The summed E-state index contributed by atoms with van der Waals surface area (Å²) in [4.78, 5) is 22.6. The van der Waals surface area contributed by atoms with Crippen LogP contribution in [0.3, 0.4) is 0 Å². The van der Waals surface area contributed by atoms with Crippen LogP contribution in [0.2, 0.25) is 0 Å². The third kappa shape index (κ3) is 5.37. The number of carbonyl (C=O) groups excluding carboxylic acids is 2. The van der Waals surface area contributed by atoms with Crippen LogP contribution in [0.15, 0.2) is 0 Å². The van der Waals surface area contributed by atoms with Crippen molar-refractivity contribution in [3.05, 3.63) is 0 Å². The van der Waals surface area contributed by atoms with Crippen LogP contribution in [0.25, 0.3) is 0 Å². The second kappa shape index (κ2) is 6.61. The predicted octanol–water partition coefficient (Wildman–Crippen LogP) is 2.46. The molecule has 7 heteroatoms. The Morgan fingerprint density at radius 1 is 1.06 bits per heavy atom. The predicted molar refractivity (Wildman–Crippen MR) is 56.6 cm³/mol. The summed E-state index contributed by atoms with van der Waals surface area (Å²) < 4.78 is 45.2. The van der Waals surface area contributed by atoms with E-state index in [-0.39, 0.29) is 0 Å². The van der Waals surface area contributed by atoms with E-state index in [1.54, 1.807) is 13.8 Å². The van der Waals surface area contributed by atoms with Gasteiger partial charge in [-0.05, 0) is 20.3 Å². The van der Waals surface area contributed by atoms with Gasteiger partial charge in [-0.3, -0.25) is 4.79 Å². The van der Waals surface area contributed by atoms with E-state index in [1.165, 1.54) is 6.92 Å². The smallest absolute Gasteiger partial charge is 0.425 e. The van der Waals surface area contributed by atoms with Crippen LogP contribution in [-0.4, -0.2) is 30.3 Å². The SMILES string of the molecule is CCC(C)C(=O)OC(C)C(=O)OC(C)C(F)(F)F. The fraction of sp³-hybridized carbons (Fsp3) is 0.818. The van der Waals surface area contributed by atoms with Gasteiger partial charge in [0, 0.05) is 0 Å². The van der Waals surface area contributed by atoms with Gasteiger partial charge in [0.1, 0.15) is 0 Å². The van der Waals surface area contributed by atoms with Crippen LogP contribution in [-0.2, 0) is 19.1 Å². The molecule has 0 rings (SSSR count). The first-order valence-corrected chi connectivity index (χ1v) is 5.57. The van der Waals surface area contributed by atoms with Crippen LogP contribution >= 0.6 is 0 Å². The molecule has 0 aromatic heterocycles. The molecule has 0 amide bonds. The number of ether oxygens (including phenoxy) is 2. The Kier molecular flexibility index (Phi) is 6.14. The molecule has 0 saturated heterocycles. The van der Waals surface area contributed by atoms with Crippen molar-refractivity contribution in [3.8, 4) is 0 Å². The minimum absolute atomic E-state index is 0.416. The van der Waals surface area contributed by atoms with Crippen molar-refractivity contribution in [2.24, 2.45) is 5.92 Å². The molecule has 4 nitrogen and oxygen atoms in total. The number of esters is 2. The van der Waals surface area contributed by atoms with E-state index in [0.717, 1.165) is 0 Å². The average Bonchev–Trinajstić information content (AvgIpc) is 2.26. The Morgan fingerprint density at radius 3 is 1.94 bits per heavy atom. The highest BCUT2D eigenvalue weighted by atomic mass is 19.4. The van der Waals surface area contributed by atoms with Gasteiger partial charge in [0.15, 0.2) is 12.2 Å². The number of rotatable bonds is 5. The minimum atomic E-state index is -4.63. The van der Waals surface area contributed by atoms with Crippen molar-refractivity contribution in [2.45, 2.75) is 52.5 Å². The van der Waals surface area contributed by atoms with Crippen molar-refractivity contribution in [1.29, 1.82) is 0 Å². The largest absolute Gasteiger partial charge is 0.450 e. The third-order valence-electron chi connectivity index (χ3n) is 2.39. The van der Waals surface area contributed by atoms with E-state index in [9.17, 15) is 22.8 Å². The molecular weight excluding hydrogens is 253 g/mol. The molecule has 3 unspecified atom stereocenters. The van der Waals surface area contributed by atoms with Gasteiger partial charge < -0.3 is 9.47 Å². The first kappa shape index (κ1) is 16.7. The maximum Gasteiger partial charge on any atom is 0.425 e. The summed E-state index contributed by atoms with van der Waals surface area (Å²) in [6, 6.07) is 0. The normalized spacial score (nSPS) is 16.6. The zero-order chi connectivity index (χ0) is 14.5. The fourth-order valence-electron chi connectivity index (χ4n) is 0.842. The summed E-state index contributed by atoms with van der Waals surface area (Å²) in [6.07, 6.45) is -7.69. The van der Waals surface area contributed by atoms with Crippen LogP contribution < -0.4 is 0 Å². The van der Waals surface area contributed by atoms with Gasteiger partial charge in [-0.1, -0.05) is 13.8 Å². The quantitative estimate of drug-likeness (QED) is 0.720. The number of halogens is 3. The van der Waals surface area contributed by atoms with Crippen molar-refractivity contribution < 1.29 is 32.2 Å². The van der Waals surface area contributed by atoms with Gasteiger partial charge in [-0.15, -0.1) is 0 Å². The molecular formula is C11H17F3O4. The minimum Gasteiger partial charge on any atom is -0.450 e. The highest BCUT2D eigenvalue weighted by molar-refractivity contribution is 5.80. The number of carbonyl (C=O) groups is 2. The van der Waals surface area contributed by atoms with E-state index in [4.69, 9.17) is 4.74 Å². The molecule has 0 bridgehead atoms. The van der Waals surface area contributed by atoms with E-state index >= 15 is 0 Å². The average molecular weight is 270 g/mol. The lowest BCUT2D eigenvalue weighted by atomic mass is 10.1. The van der Waals surface area contributed by atoms with Crippen LogP contribution in [0, 0.1) is 5.92 Å². The zero-order valence-corrected chi connectivity index (χ0v) is 10.7. The van der Waals surface area contributed by atoms with Crippen LogP contribution in [0.5, 0.6) is 0 Å². The number of hydrogen-bond acceptors (Lipinski definition) is 4. The molecule has 0 spiro atoms. The molecule has 0 aliphatic carbocycles.